The Bertz CT molecular complexity index is 1150. The van der Waals surface area contributed by atoms with Crippen LogP contribution in [0.5, 0.6) is 0 Å². The molecule has 1 N–H and O–H groups in total. The van der Waals surface area contributed by atoms with E-state index in [-0.39, 0.29) is 15.5 Å². The van der Waals surface area contributed by atoms with Crippen LogP contribution in [-0.4, -0.2) is 19.2 Å². The molecule has 0 radical (unpaired) electrons. The fraction of sp³-hybridized carbons (Fsp3) is 0. The second kappa shape index (κ2) is 8.49. The van der Waals surface area contributed by atoms with Crippen molar-refractivity contribution < 1.29 is 18.1 Å². The van der Waals surface area contributed by atoms with E-state index in [9.17, 15) is 23.3 Å². The van der Waals surface area contributed by atoms with Gasteiger partial charge in [0.2, 0.25) is 15.7 Å². The van der Waals surface area contributed by atoms with Gasteiger partial charge in [0.25, 0.3) is 5.69 Å². The molecular weight excluding hydrogens is 392 g/mol. The lowest BCUT2D eigenvalue weighted by Crippen LogP contribution is -2.08. The van der Waals surface area contributed by atoms with Crippen molar-refractivity contribution >= 4 is 33.2 Å². The molecule has 3 aromatic carbocycles. The minimum atomic E-state index is -3.61. The standard InChI is InChI=1S/C21H16N2O5S/c24-21(15-8-16-6-11-18(12-7-16)23(25)26)22-17-9-13-20(14-10-17)29(27,28)19-4-2-1-3-5-19/h1-15H,(H,22,24)/b15-8+. The molecule has 0 saturated carbocycles. The predicted octanol–water partition coefficient (Wildman–Crippen LogP) is 4.08. The Morgan fingerprint density at radius 2 is 1.45 bits per heavy atom. The summed E-state index contributed by atoms with van der Waals surface area (Å²) in [5.74, 6) is -0.415. The molecule has 0 fully saturated rings. The molecule has 1 amide bonds. The first-order valence-corrected chi connectivity index (χ1v) is 9.98. The van der Waals surface area contributed by atoms with E-state index in [4.69, 9.17) is 0 Å². The SMILES string of the molecule is O=C(/C=C/c1ccc([N+](=O)[O-])cc1)Nc1ccc(S(=O)(=O)c2ccccc2)cc1. The summed E-state index contributed by atoms with van der Waals surface area (Å²) in [5.41, 5.74) is 1.04. The van der Waals surface area contributed by atoms with Crippen LogP contribution >= 0.6 is 0 Å². The van der Waals surface area contributed by atoms with Gasteiger partial charge in [-0.05, 0) is 60.2 Å². The molecule has 0 saturated heterocycles. The van der Waals surface area contributed by atoms with Crippen LogP contribution in [0.3, 0.4) is 0 Å². The molecule has 0 aromatic heterocycles. The Labute approximate surface area is 167 Å². The topological polar surface area (TPSA) is 106 Å². The largest absolute Gasteiger partial charge is 0.323 e. The lowest BCUT2D eigenvalue weighted by atomic mass is 10.2. The Morgan fingerprint density at radius 3 is 2.03 bits per heavy atom. The van der Waals surface area contributed by atoms with E-state index < -0.39 is 20.7 Å². The van der Waals surface area contributed by atoms with Crippen molar-refractivity contribution in [2.24, 2.45) is 0 Å². The van der Waals surface area contributed by atoms with E-state index in [0.29, 0.717) is 11.3 Å². The van der Waals surface area contributed by atoms with E-state index in [1.165, 1.54) is 72.8 Å². The van der Waals surface area contributed by atoms with Crippen molar-refractivity contribution in [1.29, 1.82) is 0 Å². The monoisotopic (exact) mass is 408 g/mol. The van der Waals surface area contributed by atoms with Crippen LogP contribution in [0.15, 0.2) is 94.7 Å². The van der Waals surface area contributed by atoms with Gasteiger partial charge >= 0.3 is 0 Å². The first-order valence-electron chi connectivity index (χ1n) is 8.50. The van der Waals surface area contributed by atoms with Crippen molar-refractivity contribution in [1.82, 2.24) is 0 Å². The summed E-state index contributed by atoms with van der Waals surface area (Å²) in [5, 5.41) is 13.3. The third-order valence-corrected chi connectivity index (χ3v) is 5.80. The molecule has 29 heavy (non-hydrogen) atoms. The van der Waals surface area contributed by atoms with Crippen molar-refractivity contribution in [3.8, 4) is 0 Å². The van der Waals surface area contributed by atoms with Gasteiger partial charge in [0, 0.05) is 23.9 Å². The van der Waals surface area contributed by atoms with Gasteiger partial charge in [0.15, 0.2) is 0 Å². The van der Waals surface area contributed by atoms with Crippen molar-refractivity contribution in [2.45, 2.75) is 9.79 Å². The van der Waals surface area contributed by atoms with Crippen molar-refractivity contribution in [3.05, 3.63) is 101 Å². The minimum Gasteiger partial charge on any atom is -0.323 e. The van der Waals surface area contributed by atoms with Crippen LogP contribution in [0.4, 0.5) is 11.4 Å². The summed E-state index contributed by atoms with van der Waals surface area (Å²) >= 11 is 0. The smallest absolute Gasteiger partial charge is 0.269 e. The number of nitrogens with one attached hydrogen (secondary N) is 1. The average molecular weight is 408 g/mol. The Kier molecular flexibility index (Phi) is 5.85. The fourth-order valence-electron chi connectivity index (χ4n) is 2.52. The van der Waals surface area contributed by atoms with Gasteiger partial charge in [-0.25, -0.2) is 8.42 Å². The number of hydrogen-bond acceptors (Lipinski definition) is 5. The first kappa shape index (κ1) is 20.0. The molecule has 0 aliphatic carbocycles. The molecule has 0 spiro atoms. The number of carbonyl (C=O) groups is 1. The van der Waals surface area contributed by atoms with Gasteiger partial charge in [-0.15, -0.1) is 0 Å². The maximum atomic E-state index is 12.6. The molecule has 0 heterocycles. The number of benzene rings is 3. The van der Waals surface area contributed by atoms with E-state index in [1.54, 1.807) is 18.2 Å². The van der Waals surface area contributed by atoms with Crippen LogP contribution in [0.1, 0.15) is 5.56 Å². The lowest BCUT2D eigenvalue weighted by molar-refractivity contribution is -0.384. The molecule has 0 unspecified atom stereocenters. The number of carbonyl (C=O) groups excluding carboxylic acids is 1. The zero-order valence-corrected chi connectivity index (χ0v) is 15.9. The number of rotatable bonds is 6. The normalized spacial score (nSPS) is 11.3. The summed E-state index contributed by atoms with van der Waals surface area (Å²) < 4.78 is 25.1. The van der Waals surface area contributed by atoms with Gasteiger partial charge in [0.05, 0.1) is 14.7 Å². The Balaban J connectivity index is 1.66. The van der Waals surface area contributed by atoms with Crippen LogP contribution in [-0.2, 0) is 14.6 Å². The summed E-state index contributed by atoms with van der Waals surface area (Å²) in [6, 6.07) is 19.7. The highest BCUT2D eigenvalue weighted by Crippen LogP contribution is 2.22. The summed E-state index contributed by atoms with van der Waals surface area (Å²) in [4.78, 5) is 22.5. The van der Waals surface area contributed by atoms with Gasteiger partial charge in [0.1, 0.15) is 0 Å². The third kappa shape index (κ3) is 4.94. The van der Waals surface area contributed by atoms with Gasteiger partial charge in [-0.3, -0.25) is 14.9 Å². The second-order valence-electron chi connectivity index (χ2n) is 6.01. The number of amides is 1. The van der Waals surface area contributed by atoms with Gasteiger partial charge < -0.3 is 5.32 Å². The average Bonchev–Trinajstić information content (AvgIpc) is 2.73. The quantitative estimate of drug-likeness (QED) is 0.376. The Hall–Kier alpha value is -3.78. The number of hydrogen-bond donors (Lipinski definition) is 1. The van der Waals surface area contributed by atoms with Crippen LogP contribution in [0, 0.1) is 10.1 Å². The van der Waals surface area contributed by atoms with Crippen LogP contribution in [0.25, 0.3) is 6.08 Å². The fourth-order valence-corrected chi connectivity index (χ4v) is 3.80. The van der Waals surface area contributed by atoms with Crippen LogP contribution in [0.2, 0.25) is 0 Å². The Morgan fingerprint density at radius 1 is 0.862 bits per heavy atom. The second-order valence-corrected chi connectivity index (χ2v) is 7.96. The first-order chi connectivity index (χ1) is 13.9. The summed E-state index contributed by atoms with van der Waals surface area (Å²) in [6.07, 6.45) is 2.81. The predicted molar refractivity (Wildman–Crippen MR) is 109 cm³/mol. The molecular formula is C21H16N2O5S. The highest BCUT2D eigenvalue weighted by atomic mass is 32.2. The van der Waals surface area contributed by atoms with E-state index in [1.807, 2.05) is 0 Å². The lowest BCUT2D eigenvalue weighted by Gasteiger charge is -2.06. The zero-order valence-electron chi connectivity index (χ0n) is 15.1. The zero-order chi connectivity index (χ0) is 20.9. The van der Waals surface area contributed by atoms with E-state index in [2.05, 4.69) is 5.32 Å². The number of nitrogens with zero attached hydrogens (tertiary/aromatic N) is 1. The number of anilines is 1. The number of nitro benzene ring substituents is 1. The summed E-state index contributed by atoms with van der Waals surface area (Å²) in [7, 11) is -3.61. The highest BCUT2D eigenvalue weighted by molar-refractivity contribution is 7.91. The van der Waals surface area contributed by atoms with Crippen molar-refractivity contribution in [2.75, 3.05) is 5.32 Å². The molecule has 146 valence electrons. The van der Waals surface area contributed by atoms with Gasteiger partial charge in [-0.2, -0.15) is 0 Å². The summed E-state index contributed by atoms with van der Waals surface area (Å²) in [6.45, 7) is 0. The molecule has 0 atom stereocenters. The van der Waals surface area contributed by atoms with E-state index in [0.717, 1.165) is 0 Å². The maximum absolute atomic E-state index is 12.6. The molecule has 7 nitrogen and oxygen atoms in total. The third-order valence-electron chi connectivity index (χ3n) is 4.02. The number of sulfone groups is 1. The van der Waals surface area contributed by atoms with E-state index >= 15 is 0 Å². The molecule has 0 aliphatic rings. The van der Waals surface area contributed by atoms with Crippen LogP contribution < -0.4 is 5.32 Å². The number of non-ortho nitro benzene ring substituents is 1. The number of nitro groups is 1. The van der Waals surface area contributed by atoms with Crippen molar-refractivity contribution in [3.63, 3.8) is 0 Å². The van der Waals surface area contributed by atoms with Gasteiger partial charge in [-0.1, -0.05) is 18.2 Å². The molecule has 3 rings (SSSR count). The molecule has 8 heteroatoms. The molecule has 0 aliphatic heterocycles. The highest BCUT2D eigenvalue weighted by Gasteiger charge is 2.16. The maximum Gasteiger partial charge on any atom is 0.269 e. The molecule has 0 bridgehead atoms. The minimum absolute atomic E-state index is 0.0304. The molecule has 3 aromatic rings.